The van der Waals surface area contributed by atoms with Crippen LogP contribution in [-0.4, -0.2) is 52.4 Å². The lowest BCUT2D eigenvalue weighted by Crippen LogP contribution is -2.33. The maximum Gasteiger partial charge on any atom is 0.333 e. The summed E-state index contributed by atoms with van der Waals surface area (Å²) in [5.41, 5.74) is 5.80. The minimum Gasteiger partial charge on any atom is -0.497 e. The van der Waals surface area contributed by atoms with Crippen molar-refractivity contribution in [3.8, 4) is 45.1 Å². The van der Waals surface area contributed by atoms with Gasteiger partial charge in [0.25, 0.3) is 11.8 Å². The Morgan fingerprint density at radius 1 is 0.778 bits per heavy atom. The minimum atomic E-state index is -0.596. The van der Waals surface area contributed by atoms with Crippen LogP contribution in [0.25, 0.3) is 44.7 Å². The number of amides is 2. The number of rotatable bonds is 11. The van der Waals surface area contributed by atoms with Gasteiger partial charge in [-0.1, -0.05) is 12.1 Å². The van der Waals surface area contributed by atoms with Crippen LogP contribution in [0.4, 0.5) is 0 Å². The summed E-state index contributed by atoms with van der Waals surface area (Å²) < 4.78 is 17.9. The van der Waals surface area contributed by atoms with Gasteiger partial charge in [-0.2, -0.15) is 0 Å². The van der Waals surface area contributed by atoms with E-state index in [0.29, 0.717) is 46.9 Å². The highest BCUT2D eigenvalue weighted by Crippen LogP contribution is 2.40. The molecule has 2 amide bonds. The van der Waals surface area contributed by atoms with E-state index in [1.54, 1.807) is 14.2 Å². The second-order valence-corrected chi connectivity index (χ2v) is 10.4. The number of aryl methyl sites for hydroxylation is 1. The van der Waals surface area contributed by atoms with E-state index in [2.05, 4.69) is 10.3 Å². The third-order valence-corrected chi connectivity index (χ3v) is 7.56. The highest BCUT2D eigenvalue weighted by molar-refractivity contribution is 6.04. The van der Waals surface area contributed by atoms with E-state index in [9.17, 15) is 14.4 Å². The Labute approximate surface area is 258 Å². The number of fused-ring (bicyclic) bond motifs is 1. The van der Waals surface area contributed by atoms with Gasteiger partial charge in [0.15, 0.2) is 17.9 Å². The molecule has 12 nitrogen and oxygen atoms in total. The first kappa shape index (κ1) is 29.4. The van der Waals surface area contributed by atoms with Crippen LogP contribution < -0.4 is 14.0 Å². The lowest BCUT2D eigenvalue weighted by molar-refractivity contribution is -0.697. The molecule has 0 atom stereocenters. The first-order valence-electron chi connectivity index (χ1n) is 14.5. The van der Waals surface area contributed by atoms with E-state index < -0.39 is 17.8 Å². The molecule has 1 fully saturated rings. The van der Waals surface area contributed by atoms with E-state index in [1.807, 2.05) is 77.6 Å². The Hall–Kier alpha value is -5.65. The maximum atomic E-state index is 12.1. The average Bonchev–Trinajstić information content (AvgIpc) is 3.69. The molecule has 0 unspecified atom stereocenters. The topological polar surface area (TPSA) is 138 Å². The summed E-state index contributed by atoms with van der Waals surface area (Å²) in [5, 5.41) is 9.10. The number of hydrogen-bond acceptors (Lipinski definition) is 10. The van der Waals surface area contributed by atoms with Crippen molar-refractivity contribution >= 4 is 28.8 Å². The zero-order valence-corrected chi connectivity index (χ0v) is 24.8. The van der Waals surface area contributed by atoms with E-state index >= 15 is 0 Å². The molecule has 6 rings (SSSR count). The van der Waals surface area contributed by atoms with Crippen LogP contribution in [0.15, 0.2) is 77.7 Å². The number of ether oxygens (including phenoxy) is 2. The second kappa shape index (κ2) is 12.9. The van der Waals surface area contributed by atoms with Gasteiger partial charge in [-0.3, -0.25) is 9.59 Å². The Kier molecular flexibility index (Phi) is 8.45. The molecule has 0 N–H and O–H groups in total. The molecule has 1 aliphatic rings. The van der Waals surface area contributed by atoms with Crippen molar-refractivity contribution < 1.29 is 37.9 Å². The summed E-state index contributed by atoms with van der Waals surface area (Å²) in [6.45, 7) is 0.650. The number of nitrogens with zero attached hydrogens (tertiary/aromatic N) is 5. The Balaban J connectivity index is 1.25. The summed E-state index contributed by atoms with van der Waals surface area (Å²) in [6.07, 6.45) is 5.37. The molecule has 0 aliphatic carbocycles. The van der Waals surface area contributed by atoms with Crippen molar-refractivity contribution in [2.75, 3.05) is 14.2 Å². The largest absolute Gasteiger partial charge is 0.497 e. The number of unbranched alkanes of at least 4 members (excludes halogenated alkanes) is 1. The SMILES string of the molecule is COc1ccc(-c2nc(-c3cc[n+](CCCCC(=O)ON4C(=O)CCC4=O)cc3)c(-c3ccc(OC)cc3)c3nonc23)cc1. The van der Waals surface area contributed by atoms with Gasteiger partial charge in [-0.15, -0.1) is 5.06 Å². The van der Waals surface area contributed by atoms with Crippen LogP contribution in [0.5, 0.6) is 11.5 Å². The van der Waals surface area contributed by atoms with E-state index in [0.717, 1.165) is 33.8 Å². The number of aromatic nitrogens is 4. The highest BCUT2D eigenvalue weighted by atomic mass is 16.7. The van der Waals surface area contributed by atoms with Gasteiger partial charge in [0.1, 0.15) is 29.3 Å². The average molecular weight is 609 g/mol. The molecule has 0 saturated carbocycles. The minimum absolute atomic E-state index is 0.0714. The normalized spacial score (nSPS) is 13.0. The van der Waals surface area contributed by atoms with Crippen LogP contribution in [0, 0.1) is 0 Å². The fourth-order valence-electron chi connectivity index (χ4n) is 5.16. The summed E-state index contributed by atoms with van der Waals surface area (Å²) in [6, 6.07) is 19.2. The van der Waals surface area contributed by atoms with Crippen LogP contribution in [0.1, 0.15) is 32.1 Å². The van der Waals surface area contributed by atoms with Crippen molar-refractivity contribution in [2.24, 2.45) is 0 Å². The first-order chi connectivity index (χ1) is 21.9. The smallest absolute Gasteiger partial charge is 0.333 e. The van der Waals surface area contributed by atoms with Crippen molar-refractivity contribution in [3.63, 3.8) is 0 Å². The first-order valence-corrected chi connectivity index (χ1v) is 14.5. The molecule has 1 saturated heterocycles. The molecular formula is C33H30N5O7+. The summed E-state index contributed by atoms with van der Waals surface area (Å²) in [7, 11) is 3.24. The number of hydrogen-bond donors (Lipinski definition) is 0. The van der Waals surface area contributed by atoms with Gasteiger partial charge in [0, 0.05) is 54.5 Å². The predicted octanol–water partition coefficient (Wildman–Crippen LogP) is 4.70. The molecule has 3 aromatic heterocycles. The molecule has 45 heavy (non-hydrogen) atoms. The van der Waals surface area contributed by atoms with E-state index in [4.69, 9.17) is 23.9 Å². The van der Waals surface area contributed by atoms with Crippen molar-refractivity contribution in [2.45, 2.75) is 38.6 Å². The summed E-state index contributed by atoms with van der Waals surface area (Å²) in [5.74, 6) is -0.108. The van der Waals surface area contributed by atoms with Gasteiger partial charge in [0.2, 0.25) is 0 Å². The van der Waals surface area contributed by atoms with Crippen LogP contribution in [-0.2, 0) is 25.8 Å². The monoisotopic (exact) mass is 608 g/mol. The zero-order valence-electron chi connectivity index (χ0n) is 24.8. The maximum absolute atomic E-state index is 12.1. The van der Waals surface area contributed by atoms with Crippen molar-refractivity contribution in [1.82, 2.24) is 20.4 Å². The molecule has 0 bridgehead atoms. The van der Waals surface area contributed by atoms with E-state index in [-0.39, 0.29) is 19.3 Å². The number of carbonyl (C=O) groups is 3. The van der Waals surface area contributed by atoms with E-state index in [1.165, 1.54) is 0 Å². The summed E-state index contributed by atoms with van der Waals surface area (Å²) in [4.78, 5) is 45.5. The lowest BCUT2D eigenvalue weighted by Gasteiger charge is -2.13. The molecule has 0 spiro atoms. The van der Waals surface area contributed by atoms with Crippen LogP contribution in [0.2, 0.25) is 0 Å². The number of imide groups is 1. The lowest BCUT2D eigenvalue weighted by atomic mass is 9.96. The molecule has 228 valence electrons. The van der Waals surface area contributed by atoms with Gasteiger partial charge >= 0.3 is 5.97 Å². The van der Waals surface area contributed by atoms with Gasteiger partial charge in [0.05, 0.1) is 19.9 Å². The Morgan fingerprint density at radius 2 is 1.36 bits per heavy atom. The third kappa shape index (κ3) is 6.21. The molecule has 2 aromatic carbocycles. The Bertz CT molecular complexity index is 1840. The number of carbonyl (C=O) groups excluding carboxylic acids is 3. The fraction of sp³-hybridized carbons (Fsp3) is 0.242. The van der Waals surface area contributed by atoms with Gasteiger partial charge < -0.3 is 14.3 Å². The standard InChI is InChI=1S/C33H30N5O7/c1-42-24-10-6-21(7-11-24)29-30(34-31(33-32(29)35-45-36-33)22-8-12-25(43-2)13-9-22)23-16-19-37(20-17-23)18-4-3-5-28(41)44-38-26(39)14-15-27(38)40/h6-13,16-17,19-20H,3-5,14-15,18H2,1-2H3/q+1. The van der Waals surface area contributed by atoms with Crippen LogP contribution in [0.3, 0.4) is 0 Å². The molecule has 0 radical (unpaired) electrons. The fourth-order valence-corrected chi connectivity index (χ4v) is 5.16. The number of benzene rings is 2. The van der Waals surface area contributed by atoms with Crippen molar-refractivity contribution in [3.05, 3.63) is 73.1 Å². The third-order valence-electron chi connectivity index (χ3n) is 7.56. The highest BCUT2D eigenvalue weighted by Gasteiger charge is 2.32. The van der Waals surface area contributed by atoms with Gasteiger partial charge in [-0.25, -0.2) is 19.0 Å². The second-order valence-electron chi connectivity index (χ2n) is 10.4. The predicted molar refractivity (Wildman–Crippen MR) is 160 cm³/mol. The quantitative estimate of drug-likeness (QED) is 0.118. The Morgan fingerprint density at radius 3 is 1.98 bits per heavy atom. The van der Waals surface area contributed by atoms with Crippen molar-refractivity contribution in [1.29, 1.82) is 0 Å². The molecule has 1 aliphatic heterocycles. The molecule has 12 heteroatoms. The number of pyridine rings is 2. The number of methoxy groups -OCH3 is 2. The van der Waals surface area contributed by atoms with Gasteiger partial charge in [-0.05, 0) is 58.7 Å². The summed E-state index contributed by atoms with van der Waals surface area (Å²) >= 11 is 0. The van der Waals surface area contributed by atoms with Crippen LogP contribution >= 0.6 is 0 Å². The molecule has 4 heterocycles. The number of hydroxylamine groups is 2. The molecule has 5 aromatic rings. The molecular weight excluding hydrogens is 578 g/mol. The zero-order chi connectivity index (χ0) is 31.3.